The van der Waals surface area contributed by atoms with E-state index < -0.39 is 11.4 Å². The molecule has 1 aromatic carbocycles. The van der Waals surface area contributed by atoms with Crippen molar-refractivity contribution in [2.45, 2.75) is 38.1 Å². The van der Waals surface area contributed by atoms with Crippen LogP contribution in [0.1, 0.15) is 32.6 Å². The summed E-state index contributed by atoms with van der Waals surface area (Å²) in [5.74, 6) is 0.0819. The van der Waals surface area contributed by atoms with Gasteiger partial charge < -0.3 is 10.1 Å². The summed E-state index contributed by atoms with van der Waals surface area (Å²) < 4.78 is 18.8. The molecule has 1 saturated heterocycles. The molecule has 1 saturated carbocycles. The number of ether oxygens (including phenoxy) is 1. The van der Waals surface area contributed by atoms with E-state index in [0.29, 0.717) is 18.8 Å². The number of imide groups is 1. The van der Waals surface area contributed by atoms with Gasteiger partial charge in [0.2, 0.25) is 0 Å². The first-order valence-corrected chi connectivity index (χ1v) is 8.03. The molecule has 2 aliphatic rings. The van der Waals surface area contributed by atoms with Crippen molar-refractivity contribution < 1.29 is 18.7 Å². The van der Waals surface area contributed by atoms with E-state index >= 15 is 0 Å². The molecule has 0 bridgehead atoms. The van der Waals surface area contributed by atoms with Gasteiger partial charge in [-0.25, -0.2) is 9.18 Å². The fraction of sp³-hybridized carbons (Fsp3) is 0.529. The zero-order valence-electron chi connectivity index (χ0n) is 13.2. The molecule has 0 aromatic heterocycles. The second-order valence-electron chi connectivity index (χ2n) is 6.43. The third-order valence-electron chi connectivity index (χ3n) is 4.78. The highest BCUT2D eigenvalue weighted by atomic mass is 19.1. The number of hydrogen-bond donors (Lipinski definition) is 1. The summed E-state index contributed by atoms with van der Waals surface area (Å²) in [6, 6.07) is 5.70. The van der Waals surface area contributed by atoms with Crippen LogP contribution in [0.4, 0.5) is 9.18 Å². The van der Waals surface area contributed by atoms with Crippen LogP contribution in [0.2, 0.25) is 0 Å². The highest BCUT2D eigenvalue weighted by Crippen LogP contribution is 2.36. The first kappa shape index (κ1) is 15.8. The van der Waals surface area contributed by atoms with Crippen molar-refractivity contribution in [1.29, 1.82) is 0 Å². The number of halogens is 1. The number of rotatable bonds is 4. The molecule has 3 amide bonds. The van der Waals surface area contributed by atoms with Crippen molar-refractivity contribution >= 4 is 11.9 Å². The normalized spacial score (nSPS) is 27.4. The Hall–Kier alpha value is -2.11. The number of urea groups is 1. The van der Waals surface area contributed by atoms with Crippen LogP contribution in [0.5, 0.6) is 5.75 Å². The van der Waals surface area contributed by atoms with Gasteiger partial charge in [0.15, 0.2) is 11.6 Å². The Kier molecular flexibility index (Phi) is 4.24. The van der Waals surface area contributed by atoms with Crippen LogP contribution in [0, 0.1) is 11.7 Å². The molecule has 0 atom stereocenters. The third kappa shape index (κ3) is 3.02. The molecule has 1 aliphatic heterocycles. The molecule has 2 fully saturated rings. The molecule has 1 N–H and O–H groups in total. The van der Waals surface area contributed by atoms with E-state index in [1.165, 1.54) is 17.0 Å². The lowest BCUT2D eigenvalue weighted by Gasteiger charge is -2.33. The van der Waals surface area contributed by atoms with Gasteiger partial charge in [-0.2, -0.15) is 0 Å². The number of benzene rings is 1. The first-order valence-electron chi connectivity index (χ1n) is 8.03. The van der Waals surface area contributed by atoms with Crippen molar-refractivity contribution in [3.63, 3.8) is 0 Å². The molecule has 5 nitrogen and oxygen atoms in total. The fourth-order valence-electron chi connectivity index (χ4n) is 3.28. The Balaban J connectivity index is 1.59. The largest absolute Gasteiger partial charge is 0.489 e. The van der Waals surface area contributed by atoms with Gasteiger partial charge in [-0.1, -0.05) is 19.1 Å². The van der Waals surface area contributed by atoms with Crippen molar-refractivity contribution in [1.82, 2.24) is 10.2 Å². The van der Waals surface area contributed by atoms with E-state index in [1.807, 2.05) is 0 Å². The molecule has 3 rings (SSSR count). The smallest absolute Gasteiger partial charge is 0.325 e. The Bertz CT molecular complexity index is 612. The molecule has 0 radical (unpaired) electrons. The van der Waals surface area contributed by atoms with Crippen LogP contribution in [-0.2, 0) is 4.79 Å². The average Bonchev–Trinajstić information content (AvgIpc) is 2.76. The molecule has 1 aromatic rings. The van der Waals surface area contributed by atoms with Crippen molar-refractivity contribution in [3.05, 3.63) is 30.1 Å². The van der Waals surface area contributed by atoms with Gasteiger partial charge in [-0.15, -0.1) is 0 Å². The lowest BCUT2D eigenvalue weighted by atomic mass is 9.77. The van der Waals surface area contributed by atoms with Crippen molar-refractivity contribution in [2.75, 3.05) is 13.2 Å². The van der Waals surface area contributed by atoms with Gasteiger partial charge in [-0.3, -0.25) is 9.69 Å². The average molecular weight is 320 g/mol. The van der Waals surface area contributed by atoms with E-state index in [4.69, 9.17) is 4.74 Å². The number of hydrogen-bond acceptors (Lipinski definition) is 3. The second kappa shape index (κ2) is 6.18. The SMILES string of the molecule is CC1CCC2(CC1)NC(=O)N(CCOc1ccccc1F)C2=O. The lowest BCUT2D eigenvalue weighted by Crippen LogP contribution is -2.49. The minimum absolute atomic E-state index is 0.0760. The Morgan fingerprint density at radius 3 is 2.70 bits per heavy atom. The quantitative estimate of drug-likeness (QED) is 0.868. The van der Waals surface area contributed by atoms with E-state index in [1.54, 1.807) is 12.1 Å². The molecule has 1 spiro atoms. The minimum Gasteiger partial charge on any atom is -0.489 e. The number of carbonyl (C=O) groups excluding carboxylic acids is 2. The Morgan fingerprint density at radius 2 is 2.00 bits per heavy atom. The summed E-state index contributed by atoms with van der Waals surface area (Å²) in [7, 11) is 0. The van der Waals surface area contributed by atoms with Gasteiger partial charge in [-0.05, 0) is 43.7 Å². The van der Waals surface area contributed by atoms with Crippen LogP contribution in [0.3, 0.4) is 0 Å². The molecule has 124 valence electrons. The first-order chi connectivity index (χ1) is 11.0. The molecule has 23 heavy (non-hydrogen) atoms. The van der Waals surface area contributed by atoms with Gasteiger partial charge in [0, 0.05) is 0 Å². The van der Waals surface area contributed by atoms with Gasteiger partial charge >= 0.3 is 6.03 Å². The van der Waals surface area contributed by atoms with E-state index in [9.17, 15) is 14.0 Å². The van der Waals surface area contributed by atoms with Gasteiger partial charge in [0.05, 0.1) is 6.54 Å². The summed E-state index contributed by atoms with van der Waals surface area (Å²) in [6.07, 6.45) is 3.24. The summed E-state index contributed by atoms with van der Waals surface area (Å²) in [4.78, 5) is 25.9. The van der Waals surface area contributed by atoms with Crippen molar-refractivity contribution in [2.24, 2.45) is 5.92 Å². The minimum atomic E-state index is -0.735. The fourth-order valence-corrected chi connectivity index (χ4v) is 3.28. The third-order valence-corrected chi connectivity index (χ3v) is 4.78. The molecular weight excluding hydrogens is 299 g/mol. The van der Waals surface area contributed by atoms with Crippen molar-refractivity contribution in [3.8, 4) is 5.75 Å². The topological polar surface area (TPSA) is 58.6 Å². The maximum atomic E-state index is 13.5. The molecule has 6 heteroatoms. The monoisotopic (exact) mass is 320 g/mol. The van der Waals surface area contributed by atoms with Gasteiger partial charge in [0.1, 0.15) is 12.1 Å². The number of carbonyl (C=O) groups is 2. The van der Waals surface area contributed by atoms with Crippen LogP contribution in [0.15, 0.2) is 24.3 Å². The van der Waals surface area contributed by atoms with E-state index in [0.717, 1.165) is 12.8 Å². The van der Waals surface area contributed by atoms with Crippen LogP contribution < -0.4 is 10.1 Å². The molecule has 1 aliphatic carbocycles. The number of para-hydroxylation sites is 1. The highest BCUT2D eigenvalue weighted by molar-refractivity contribution is 6.07. The Morgan fingerprint density at radius 1 is 1.30 bits per heavy atom. The summed E-state index contributed by atoms with van der Waals surface area (Å²) in [5.41, 5.74) is -0.735. The number of nitrogens with zero attached hydrogens (tertiary/aromatic N) is 1. The van der Waals surface area contributed by atoms with Crippen LogP contribution in [0.25, 0.3) is 0 Å². The summed E-state index contributed by atoms with van der Waals surface area (Å²) >= 11 is 0. The number of nitrogens with one attached hydrogen (secondary N) is 1. The Labute approximate surface area is 134 Å². The van der Waals surface area contributed by atoms with E-state index in [-0.39, 0.29) is 30.8 Å². The predicted octanol–water partition coefficient (Wildman–Crippen LogP) is 2.71. The number of amides is 3. The maximum Gasteiger partial charge on any atom is 0.325 e. The summed E-state index contributed by atoms with van der Waals surface area (Å²) in [5, 5.41) is 2.86. The maximum absolute atomic E-state index is 13.5. The summed E-state index contributed by atoms with van der Waals surface area (Å²) in [6.45, 7) is 2.36. The standard InChI is InChI=1S/C17H21FN2O3/c1-12-6-8-17(9-7-12)15(21)20(16(22)19-17)10-11-23-14-5-3-2-4-13(14)18/h2-5,12H,6-11H2,1H3,(H,19,22). The predicted molar refractivity (Wildman–Crippen MR) is 82.5 cm³/mol. The second-order valence-corrected chi connectivity index (χ2v) is 6.43. The van der Waals surface area contributed by atoms with Gasteiger partial charge in [0.25, 0.3) is 5.91 Å². The highest BCUT2D eigenvalue weighted by Gasteiger charge is 2.51. The zero-order valence-corrected chi connectivity index (χ0v) is 13.2. The molecule has 1 heterocycles. The van der Waals surface area contributed by atoms with E-state index in [2.05, 4.69) is 12.2 Å². The lowest BCUT2D eigenvalue weighted by molar-refractivity contribution is -0.132. The van der Waals surface area contributed by atoms with Crippen LogP contribution >= 0.6 is 0 Å². The zero-order chi connectivity index (χ0) is 16.4. The molecular formula is C17H21FN2O3. The molecule has 0 unspecified atom stereocenters. The van der Waals surface area contributed by atoms with Crippen LogP contribution in [-0.4, -0.2) is 35.5 Å².